The lowest BCUT2D eigenvalue weighted by molar-refractivity contribution is 0.0953. The minimum absolute atomic E-state index is 0.191. The Kier molecular flexibility index (Phi) is 5.04. The van der Waals surface area contributed by atoms with Crippen LogP contribution in [0.3, 0.4) is 0 Å². The Balaban J connectivity index is 1.80. The van der Waals surface area contributed by atoms with Gasteiger partial charge in [0.2, 0.25) is 0 Å². The summed E-state index contributed by atoms with van der Waals surface area (Å²) in [5.41, 5.74) is 1.42. The van der Waals surface area contributed by atoms with Crippen LogP contribution in [0.15, 0.2) is 30.5 Å². The summed E-state index contributed by atoms with van der Waals surface area (Å²) in [5, 5.41) is 7.98. The van der Waals surface area contributed by atoms with Gasteiger partial charge in [0, 0.05) is 24.3 Å². The van der Waals surface area contributed by atoms with E-state index >= 15 is 0 Å². The van der Waals surface area contributed by atoms with Crippen LogP contribution in [0.1, 0.15) is 22.5 Å². The first kappa shape index (κ1) is 14.9. The molecule has 20 heavy (non-hydrogen) atoms. The number of carbonyl (C=O) groups is 1. The van der Waals surface area contributed by atoms with Crippen LogP contribution >= 0.6 is 23.2 Å². The molecule has 1 heterocycles. The van der Waals surface area contributed by atoms with Crippen LogP contribution in [0.25, 0.3) is 0 Å². The van der Waals surface area contributed by atoms with E-state index in [1.54, 1.807) is 18.2 Å². The molecule has 6 heteroatoms. The number of aryl methyl sites for hydroxylation is 2. The van der Waals surface area contributed by atoms with Gasteiger partial charge in [0.15, 0.2) is 0 Å². The average Bonchev–Trinajstić information content (AvgIpc) is 2.80. The summed E-state index contributed by atoms with van der Waals surface area (Å²) in [5.74, 6) is -0.191. The number of hydrogen-bond acceptors (Lipinski definition) is 2. The van der Waals surface area contributed by atoms with E-state index in [4.69, 9.17) is 23.2 Å². The molecule has 1 N–H and O–H groups in total. The molecule has 4 nitrogen and oxygen atoms in total. The quantitative estimate of drug-likeness (QED) is 0.861. The van der Waals surface area contributed by atoms with E-state index in [2.05, 4.69) is 10.4 Å². The summed E-state index contributed by atoms with van der Waals surface area (Å²) in [4.78, 5) is 11.9. The van der Waals surface area contributed by atoms with Gasteiger partial charge in [-0.3, -0.25) is 9.48 Å². The third-order valence-corrected chi connectivity index (χ3v) is 3.35. The van der Waals surface area contributed by atoms with Crippen molar-refractivity contribution in [2.24, 2.45) is 0 Å². The fraction of sp³-hybridized carbons (Fsp3) is 0.286. The Labute approximate surface area is 127 Å². The Morgan fingerprint density at radius 1 is 1.35 bits per heavy atom. The zero-order valence-electron chi connectivity index (χ0n) is 11.1. The van der Waals surface area contributed by atoms with E-state index in [0.29, 0.717) is 22.2 Å². The summed E-state index contributed by atoms with van der Waals surface area (Å²) in [6.45, 7) is 3.28. The van der Waals surface area contributed by atoms with Gasteiger partial charge in [-0.15, -0.1) is 0 Å². The molecule has 0 aliphatic carbocycles. The molecule has 0 unspecified atom stereocenters. The molecule has 1 aromatic heterocycles. The van der Waals surface area contributed by atoms with Crippen molar-refractivity contribution in [1.29, 1.82) is 0 Å². The van der Waals surface area contributed by atoms with E-state index < -0.39 is 0 Å². The standard InChI is InChI=1S/C14H15Cl2N3O/c1-10-5-8-19(18-10)7-2-6-17-14(20)12-4-3-11(15)9-13(12)16/h3-5,8-9H,2,6-7H2,1H3,(H,17,20). The van der Waals surface area contributed by atoms with Crippen molar-refractivity contribution in [3.63, 3.8) is 0 Å². The van der Waals surface area contributed by atoms with E-state index in [9.17, 15) is 4.79 Å². The maximum Gasteiger partial charge on any atom is 0.252 e. The van der Waals surface area contributed by atoms with Gasteiger partial charge in [0.25, 0.3) is 5.91 Å². The lowest BCUT2D eigenvalue weighted by Gasteiger charge is -2.07. The molecule has 0 aliphatic rings. The molecule has 0 radical (unpaired) electrons. The zero-order valence-corrected chi connectivity index (χ0v) is 12.6. The number of aromatic nitrogens is 2. The third kappa shape index (κ3) is 3.99. The van der Waals surface area contributed by atoms with Crippen LogP contribution in [-0.2, 0) is 6.54 Å². The number of amides is 1. The average molecular weight is 312 g/mol. The number of nitrogens with one attached hydrogen (secondary N) is 1. The first-order chi connectivity index (χ1) is 9.56. The lowest BCUT2D eigenvalue weighted by atomic mass is 10.2. The van der Waals surface area contributed by atoms with Crippen molar-refractivity contribution < 1.29 is 4.79 Å². The van der Waals surface area contributed by atoms with E-state index in [1.165, 1.54) is 0 Å². The lowest BCUT2D eigenvalue weighted by Crippen LogP contribution is -2.25. The number of hydrogen-bond donors (Lipinski definition) is 1. The van der Waals surface area contributed by atoms with Crippen LogP contribution in [0, 0.1) is 6.92 Å². The molecule has 0 saturated heterocycles. The highest BCUT2D eigenvalue weighted by molar-refractivity contribution is 6.36. The summed E-state index contributed by atoms with van der Waals surface area (Å²) in [7, 11) is 0. The van der Waals surface area contributed by atoms with Gasteiger partial charge in [0.05, 0.1) is 16.3 Å². The fourth-order valence-electron chi connectivity index (χ4n) is 1.80. The molecule has 2 rings (SSSR count). The van der Waals surface area contributed by atoms with Crippen LogP contribution < -0.4 is 5.32 Å². The van der Waals surface area contributed by atoms with Crippen molar-refractivity contribution >= 4 is 29.1 Å². The molecule has 0 aliphatic heterocycles. The minimum atomic E-state index is -0.191. The largest absolute Gasteiger partial charge is 0.352 e. The Bertz CT molecular complexity index is 610. The number of rotatable bonds is 5. The number of halogens is 2. The van der Waals surface area contributed by atoms with E-state index in [1.807, 2.05) is 23.9 Å². The molecule has 0 spiro atoms. The topological polar surface area (TPSA) is 46.9 Å². The van der Waals surface area contributed by atoms with Crippen molar-refractivity contribution in [3.8, 4) is 0 Å². The molecule has 1 aromatic carbocycles. The van der Waals surface area contributed by atoms with Crippen molar-refractivity contribution in [2.45, 2.75) is 19.9 Å². The Morgan fingerprint density at radius 2 is 2.15 bits per heavy atom. The molecular formula is C14H15Cl2N3O. The van der Waals surface area contributed by atoms with Gasteiger partial charge in [-0.1, -0.05) is 23.2 Å². The maximum atomic E-state index is 11.9. The predicted molar refractivity (Wildman–Crippen MR) is 80.4 cm³/mol. The second kappa shape index (κ2) is 6.77. The van der Waals surface area contributed by atoms with Gasteiger partial charge < -0.3 is 5.32 Å². The van der Waals surface area contributed by atoms with Gasteiger partial charge in [0.1, 0.15) is 0 Å². The van der Waals surface area contributed by atoms with Crippen LogP contribution in [0.4, 0.5) is 0 Å². The molecule has 2 aromatic rings. The summed E-state index contributed by atoms with van der Waals surface area (Å²) < 4.78 is 1.86. The van der Waals surface area contributed by atoms with Crippen LogP contribution in [0.2, 0.25) is 10.0 Å². The molecule has 0 saturated carbocycles. The highest BCUT2D eigenvalue weighted by Gasteiger charge is 2.09. The van der Waals surface area contributed by atoms with Gasteiger partial charge in [-0.05, 0) is 37.6 Å². The highest BCUT2D eigenvalue weighted by atomic mass is 35.5. The van der Waals surface area contributed by atoms with Crippen molar-refractivity contribution in [3.05, 3.63) is 51.8 Å². The number of carbonyl (C=O) groups excluding carboxylic acids is 1. The number of benzene rings is 1. The van der Waals surface area contributed by atoms with Gasteiger partial charge >= 0.3 is 0 Å². The molecule has 1 amide bonds. The minimum Gasteiger partial charge on any atom is -0.352 e. The number of nitrogens with zero attached hydrogens (tertiary/aromatic N) is 2. The summed E-state index contributed by atoms with van der Waals surface area (Å²) in [6.07, 6.45) is 2.73. The second-order valence-electron chi connectivity index (χ2n) is 4.45. The van der Waals surface area contributed by atoms with Gasteiger partial charge in [-0.2, -0.15) is 5.10 Å². The maximum absolute atomic E-state index is 11.9. The Hall–Kier alpha value is -1.52. The SMILES string of the molecule is Cc1ccn(CCCNC(=O)c2ccc(Cl)cc2Cl)n1. The van der Waals surface area contributed by atoms with E-state index in [0.717, 1.165) is 18.7 Å². The second-order valence-corrected chi connectivity index (χ2v) is 5.30. The predicted octanol–water partition coefficient (Wildman–Crippen LogP) is 3.32. The van der Waals surface area contributed by atoms with Gasteiger partial charge in [-0.25, -0.2) is 0 Å². The van der Waals surface area contributed by atoms with Crippen LogP contribution in [0.5, 0.6) is 0 Å². The first-order valence-electron chi connectivity index (χ1n) is 6.29. The van der Waals surface area contributed by atoms with E-state index in [-0.39, 0.29) is 5.91 Å². The summed E-state index contributed by atoms with van der Waals surface area (Å²) in [6, 6.07) is 6.78. The highest BCUT2D eigenvalue weighted by Crippen LogP contribution is 2.20. The molecule has 0 fully saturated rings. The van der Waals surface area contributed by atoms with Crippen molar-refractivity contribution in [2.75, 3.05) is 6.54 Å². The Morgan fingerprint density at radius 3 is 2.80 bits per heavy atom. The first-order valence-corrected chi connectivity index (χ1v) is 7.05. The monoisotopic (exact) mass is 311 g/mol. The zero-order chi connectivity index (χ0) is 14.5. The molecular weight excluding hydrogens is 297 g/mol. The smallest absolute Gasteiger partial charge is 0.252 e. The third-order valence-electron chi connectivity index (χ3n) is 2.80. The molecule has 0 atom stereocenters. The summed E-state index contributed by atoms with van der Waals surface area (Å²) >= 11 is 11.8. The van der Waals surface area contributed by atoms with Crippen LogP contribution in [-0.4, -0.2) is 22.2 Å². The molecule has 0 bridgehead atoms. The molecule has 106 valence electrons. The van der Waals surface area contributed by atoms with Crippen molar-refractivity contribution in [1.82, 2.24) is 15.1 Å². The normalized spacial score (nSPS) is 10.6. The fourth-order valence-corrected chi connectivity index (χ4v) is 2.29.